The molecule has 1 aliphatic heterocycles. The number of halogens is 1. The Morgan fingerprint density at radius 2 is 2.00 bits per heavy atom. The van der Waals surface area contributed by atoms with Crippen molar-refractivity contribution in [1.82, 2.24) is 24.8 Å². The SMILES string of the molecule is Cc1ccccc1-c1cc(NCC2CCCN(C(=O)NC3CCCC3)C2)n2ncc(Br)c2n1. The molecule has 33 heavy (non-hydrogen) atoms. The molecule has 7 nitrogen and oxygen atoms in total. The molecule has 0 radical (unpaired) electrons. The van der Waals surface area contributed by atoms with Gasteiger partial charge < -0.3 is 15.5 Å². The van der Waals surface area contributed by atoms with Crippen LogP contribution in [-0.2, 0) is 0 Å². The van der Waals surface area contributed by atoms with Gasteiger partial charge in [0.05, 0.1) is 16.4 Å². The Kier molecular flexibility index (Phi) is 6.53. The Hall–Kier alpha value is -2.61. The van der Waals surface area contributed by atoms with Crippen molar-refractivity contribution in [2.45, 2.75) is 51.5 Å². The second kappa shape index (κ2) is 9.71. The number of fused-ring (bicyclic) bond motifs is 1. The van der Waals surface area contributed by atoms with Gasteiger partial charge in [0, 0.05) is 37.3 Å². The van der Waals surface area contributed by atoms with Gasteiger partial charge in [-0.15, -0.1) is 0 Å². The summed E-state index contributed by atoms with van der Waals surface area (Å²) >= 11 is 3.59. The highest BCUT2D eigenvalue weighted by Gasteiger charge is 2.26. The van der Waals surface area contributed by atoms with Gasteiger partial charge in [0.25, 0.3) is 0 Å². The largest absolute Gasteiger partial charge is 0.370 e. The molecule has 1 atom stereocenters. The summed E-state index contributed by atoms with van der Waals surface area (Å²) < 4.78 is 2.72. The Labute approximate surface area is 203 Å². The summed E-state index contributed by atoms with van der Waals surface area (Å²) in [5.74, 6) is 1.31. The van der Waals surface area contributed by atoms with E-state index in [0.717, 1.165) is 72.5 Å². The van der Waals surface area contributed by atoms with Crippen molar-refractivity contribution in [1.29, 1.82) is 0 Å². The number of amides is 2. The van der Waals surface area contributed by atoms with Gasteiger partial charge in [-0.2, -0.15) is 9.61 Å². The molecule has 1 aromatic carbocycles. The van der Waals surface area contributed by atoms with Crippen LogP contribution in [0.3, 0.4) is 0 Å². The van der Waals surface area contributed by atoms with Gasteiger partial charge in [0.1, 0.15) is 5.82 Å². The van der Waals surface area contributed by atoms with Crippen LogP contribution in [0.1, 0.15) is 44.1 Å². The molecule has 1 saturated heterocycles. The summed E-state index contributed by atoms with van der Waals surface area (Å²) in [4.78, 5) is 19.6. The number of hydrogen-bond acceptors (Lipinski definition) is 4. The van der Waals surface area contributed by atoms with Crippen LogP contribution in [0.15, 0.2) is 41.0 Å². The van der Waals surface area contributed by atoms with E-state index in [1.165, 1.54) is 18.4 Å². The van der Waals surface area contributed by atoms with E-state index in [2.05, 4.69) is 56.8 Å². The van der Waals surface area contributed by atoms with Gasteiger partial charge in [-0.1, -0.05) is 37.1 Å². The van der Waals surface area contributed by atoms with E-state index in [0.29, 0.717) is 12.0 Å². The quantitative estimate of drug-likeness (QED) is 0.491. The first-order chi connectivity index (χ1) is 16.1. The average Bonchev–Trinajstić information content (AvgIpc) is 3.48. The minimum Gasteiger partial charge on any atom is -0.370 e. The van der Waals surface area contributed by atoms with E-state index in [4.69, 9.17) is 4.98 Å². The van der Waals surface area contributed by atoms with Crippen LogP contribution in [0, 0.1) is 12.8 Å². The lowest BCUT2D eigenvalue weighted by atomic mass is 9.98. The standard InChI is InChI=1S/C25H31BrN6O/c1-17-7-2-5-11-20(17)22-13-23(32-24(30-22)21(26)15-28-32)27-14-18-8-6-12-31(16-18)25(33)29-19-9-3-4-10-19/h2,5,7,11,13,15,18-19,27H,3-4,6,8-10,12,14,16H2,1H3,(H,29,33). The number of carbonyl (C=O) groups excluding carboxylic acids is 1. The summed E-state index contributed by atoms with van der Waals surface area (Å²) in [6, 6.07) is 10.8. The molecule has 0 spiro atoms. The second-order valence-electron chi connectivity index (χ2n) is 9.34. The van der Waals surface area contributed by atoms with E-state index < -0.39 is 0 Å². The highest BCUT2D eigenvalue weighted by molar-refractivity contribution is 9.10. The molecular formula is C25H31BrN6O. The van der Waals surface area contributed by atoms with Crippen LogP contribution >= 0.6 is 15.9 Å². The van der Waals surface area contributed by atoms with Crippen molar-refractivity contribution >= 4 is 33.4 Å². The maximum Gasteiger partial charge on any atom is 0.317 e. The van der Waals surface area contributed by atoms with Gasteiger partial charge in [-0.3, -0.25) is 0 Å². The Balaban J connectivity index is 1.31. The lowest BCUT2D eigenvalue weighted by Gasteiger charge is -2.33. The van der Waals surface area contributed by atoms with Gasteiger partial charge in [0.2, 0.25) is 0 Å². The molecule has 2 aromatic heterocycles. The highest BCUT2D eigenvalue weighted by Crippen LogP contribution is 2.28. The maximum atomic E-state index is 12.8. The maximum absolute atomic E-state index is 12.8. The molecule has 2 aliphatic rings. The molecule has 3 heterocycles. The Bertz CT molecular complexity index is 1140. The number of urea groups is 1. The van der Waals surface area contributed by atoms with Crippen molar-refractivity contribution in [2.75, 3.05) is 25.0 Å². The third kappa shape index (κ3) is 4.86. The number of likely N-dealkylation sites (tertiary alicyclic amines) is 1. The summed E-state index contributed by atoms with van der Waals surface area (Å²) in [6.07, 6.45) is 8.62. The summed E-state index contributed by atoms with van der Waals surface area (Å²) in [5.41, 5.74) is 4.01. The minimum atomic E-state index is 0.107. The van der Waals surface area contributed by atoms with E-state index >= 15 is 0 Å². The number of carbonyl (C=O) groups is 1. The van der Waals surface area contributed by atoms with E-state index in [1.54, 1.807) is 6.20 Å². The molecule has 8 heteroatoms. The average molecular weight is 511 g/mol. The molecule has 3 aromatic rings. The molecule has 2 fully saturated rings. The van der Waals surface area contributed by atoms with Crippen molar-refractivity contribution in [2.24, 2.45) is 5.92 Å². The molecule has 1 aliphatic carbocycles. The van der Waals surface area contributed by atoms with Crippen LogP contribution in [0.2, 0.25) is 0 Å². The number of aromatic nitrogens is 3. The fourth-order valence-corrected chi connectivity index (χ4v) is 5.41. The normalized spacial score (nSPS) is 19.2. The van der Waals surface area contributed by atoms with Crippen LogP contribution in [-0.4, -0.2) is 51.2 Å². The van der Waals surface area contributed by atoms with Gasteiger partial charge in [0.15, 0.2) is 5.65 Å². The lowest BCUT2D eigenvalue weighted by molar-refractivity contribution is 0.165. The van der Waals surface area contributed by atoms with Crippen LogP contribution in [0.25, 0.3) is 16.9 Å². The highest BCUT2D eigenvalue weighted by atomic mass is 79.9. The predicted octanol–water partition coefficient (Wildman–Crippen LogP) is 5.24. The first kappa shape index (κ1) is 22.2. The fraction of sp³-hybridized carbons (Fsp3) is 0.480. The number of hydrogen-bond donors (Lipinski definition) is 2. The number of piperidine rings is 1. The predicted molar refractivity (Wildman–Crippen MR) is 134 cm³/mol. The van der Waals surface area contributed by atoms with Gasteiger partial charge in [-0.05, 0) is 60.0 Å². The van der Waals surface area contributed by atoms with Gasteiger partial charge in [-0.25, -0.2) is 9.78 Å². The minimum absolute atomic E-state index is 0.107. The van der Waals surface area contributed by atoms with E-state index in [1.807, 2.05) is 21.5 Å². The monoisotopic (exact) mass is 510 g/mol. The zero-order valence-electron chi connectivity index (χ0n) is 19.1. The van der Waals surface area contributed by atoms with Crippen molar-refractivity contribution in [3.8, 4) is 11.3 Å². The number of nitrogens with one attached hydrogen (secondary N) is 2. The molecule has 2 N–H and O–H groups in total. The molecule has 2 amide bonds. The third-order valence-electron chi connectivity index (χ3n) is 6.91. The van der Waals surface area contributed by atoms with Crippen molar-refractivity contribution in [3.05, 3.63) is 46.6 Å². The third-order valence-corrected chi connectivity index (χ3v) is 7.47. The molecule has 1 unspecified atom stereocenters. The van der Waals surface area contributed by atoms with E-state index in [-0.39, 0.29) is 6.03 Å². The molecule has 174 valence electrons. The van der Waals surface area contributed by atoms with Crippen molar-refractivity contribution in [3.63, 3.8) is 0 Å². The fourth-order valence-electron chi connectivity index (χ4n) is 5.06. The number of nitrogens with zero attached hydrogens (tertiary/aromatic N) is 4. The lowest BCUT2D eigenvalue weighted by Crippen LogP contribution is -2.49. The smallest absolute Gasteiger partial charge is 0.317 e. The topological polar surface area (TPSA) is 74.6 Å². The zero-order valence-corrected chi connectivity index (χ0v) is 20.6. The summed E-state index contributed by atoms with van der Waals surface area (Å²) in [6.45, 7) is 4.52. The first-order valence-corrected chi connectivity index (χ1v) is 12.8. The number of benzene rings is 1. The van der Waals surface area contributed by atoms with Gasteiger partial charge >= 0.3 is 6.03 Å². The zero-order chi connectivity index (χ0) is 22.8. The van der Waals surface area contributed by atoms with Crippen LogP contribution < -0.4 is 10.6 Å². The first-order valence-electron chi connectivity index (χ1n) is 12.0. The Morgan fingerprint density at radius 3 is 2.82 bits per heavy atom. The molecule has 1 saturated carbocycles. The summed E-state index contributed by atoms with van der Waals surface area (Å²) in [5, 5.41) is 11.4. The number of aryl methyl sites for hydroxylation is 1. The molecule has 0 bridgehead atoms. The van der Waals surface area contributed by atoms with E-state index in [9.17, 15) is 4.79 Å². The second-order valence-corrected chi connectivity index (χ2v) is 10.2. The Morgan fingerprint density at radius 1 is 1.18 bits per heavy atom. The van der Waals surface area contributed by atoms with Crippen LogP contribution in [0.5, 0.6) is 0 Å². The molecular weight excluding hydrogens is 480 g/mol. The number of anilines is 1. The van der Waals surface area contributed by atoms with Crippen molar-refractivity contribution < 1.29 is 4.79 Å². The van der Waals surface area contributed by atoms with Crippen LogP contribution in [0.4, 0.5) is 10.6 Å². The molecule has 5 rings (SSSR count). The summed E-state index contributed by atoms with van der Waals surface area (Å²) in [7, 11) is 0. The number of rotatable bonds is 5.